The quantitative estimate of drug-likeness (QED) is 0.671. The lowest BCUT2D eigenvalue weighted by Crippen LogP contribution is -1.69. The Balaban J connectivity index is 3.01. The number of rotatable bonds is 1. The number of aromatic nitrogens is 1. The second-order valence-corrected chi connectivity index (χ2v) is 3.89. The van der Waals surface area contributed by atoms with E-state index in [9.17, 15) is 0 Å². The van der Waals surface area contributed by atoms with E-state index in [4.69, 9.17) is 11.6 Å². The normalized spacial score (nSPS) is 10.1. The Kier molecular flexibility index (Phi) is 2.50. The van der Waals surface area contributed by atoms with Crippen molar-refractivity contribution in [1.29, 1.82) is 0 Å². The van der Waals surface area contributed by atoms with Crippen LogP contribution in [-0.2, 0) is 5.88 Å². The van der Waals surface area contributed by atoms with Crippen LogP contribution in [-0.4, -0.2) is 4.98 Å². The zero-order valence-corrected chi connectivity index (χ0v) is 7.98. The summed E-state index contributed by atoms with van der Waals surface area (Å²) in [5.41, 5.74) is 0. The average molecular weight is 227 g/mol. The fourth-order valence-corrected chi connectivity index (χ4v) is 2.42. The molecule has 9 heavy (non-hydrogen) atoms. The van der Waals surface area contributed by atoms with E-state index in [0.717, 1.165) is 14.5 Å². The molecule has 0 atom stereocenters. The van der Waals surface area contributed by atoms with E-state index in [1.807, 2.05) is 6.92 Å². The maximum absolute atomic E-state index is 5.59. The van der Waals surface area contributed by atoms with Gasteiger partial charge in [-0.2, -0.15) is 0 Å². The van der Waals surface area contributed by atoms with Gasteiger partial charge >= 0.3 is 0 Å². The molecule has 0 amide bonds. The van der Waals surface area contributed by atoms with E-state index < -0.39 is 0 Å². The molecule has 4 heteroatoms. The molecule has 1 heterocycles. The van der Waals surface area contributed by atoms with Gasteiger partial charge in [0.1, 0.15) is 4.60 Å². The Bertz CT molecular complexity index is 211. The summed E-state index contributed by atoms with van der Waals surface area (Å²) in [4.78, 5) is 5.24. The fraction of sp³-hybridized carbons (Fsp3) is 0.400. The molecule has 1 rings (SSSR count). The van der Waals surface area contributed by atoms with E-state index >= 15 is 0 Å². The van der Waals surface area contributed by atoms with Gasteiger partial charge in [0.05, 0.1) is 15.8 Å². The van der Waals surface area contributed by atoms with E-state index in [2.05, 4.69) is 20.9 Å². The second kappa shape index (κ2) is 2.99. The van der Waals surface area contributed by atoms with Crippen molar-refractivity contribution in [3.63, 3.8) is 0 Å². The molecule has 0 bridgehead atoms. The van der Waals surface area contributed by atoms with Crippen LogP contribution in [0.15, 0.2) is 4.60 Å². The summed E-state index contributed by atoms with van der Waals surface area (Å²) in [6, 6.07) is 0. The van der Waals surface area contributed by atoms with Crippen molar-refractivity contribution in [3.8, 4) is 0 Å². The SMILES string of the molecule is Cc1nc(Br)c(CCl)s1. The summed E-state index contributed by atoms with van der Waals surface area (Å²) < 4.78 is 0.889. The van der Waals surface area contributed by atoms with Gasteiger partial charge in [0.15, 0.2) is 0 Å². The van der Waals surface area contributed by atoms with Gasteiger partial charge in [-0.3, -0.25) is 0 Å². The van der Waals surface area contributed by atoms with Gasteiger partial charge in [0, 0.05) is 0 Å². The first kappa shape index (κ1) is 7.51. The lowest BCUT2D eigenvalue weighted by Gasteiger charge is -1.82. The lowest BCUT2D eigenvalue weighted by molar-refractivity contribution is 1.23. The number of alkyl halides is 1. The molecular formula is C5H5BrClNS. The van der Waals surface area contributed by atoms with Crippen molar-refractivity contribution in [1.82, 2.24) is 4.98 Å². The van der Waals surface area contributed by atoms with Crippen LogP contribution in [0.5, 0.6) is 0 Å². The zero-order valence-electron chi connectivity index (χ0n) is 4.82. The molecule has 0 fully saturated rings. The minimum absolute atomic E-state index is 0.548. The maximum Gasteiger partial charge on any atom is 0.121 e. The van der Waals surface area contributed by atoms with Crippen molar-refractivity contribution in [2.24, 2.45) is 0 Å². The number of halogens is 2. The predicted molar refractivity (Wildman–Crippen MR) is 44.1 cm³/mol. The van der Waals surface area contributed by atoms with Crippen LogP contribution >= 0.6 is 38.9 Å². The van der Waals surface area contributed by atoms with E-state index in [-0.39, 0.29) is 0 Å². The third-order valence-electron chi connectivity index (χ3n) is 0.878. The van der Waals surface area contributed by atoms with Gasteiger partial charge in [-0.15, -0.1) is 22.9 Å². The Hall–Kier alpha value is 0.400. The van der Waals surface area contributed by atoms with E-state index in [0.29, 0.717) is 5.88 Å². The highest BCUT2D eigenvalue weighted by Gasteiger charge is 2.02. The molecule has 0 N–H and O–H groups in total. The summed E-state index contributed by atoms with van der Waals surface area (Å²) in [6.45, 7) is 1.96. The van der Waals surface area contributed by atoms with Gasteiger partial charge < -0.3 is 0 Å². The van der Waals surface area contributed by atoms with Crippen LogP contribution in [0.1, 0.15) is 9.88 Å². The van der Waals surface area contributed by atoms with Gasteiger partial charge in [-0.05, 0) is 22.9 Å². The molecule has 50 valence electrons. The van der Waals surface area contributed by atoms with Gasteiger partial charge in [-0.1, -0.05) is 0 Å². The molecule has 1 aromatic rings. The zero-order chi connectivity index (χ0) is 6.85. The van der Waals surface area contributed by atoms with Crippen LogP contribution in [0.25, 0.3) is 0 Å². The van der Waals surface area contributed by atoms with Crippen LogP contribution in [0, 0.1) is 6.92 Å². The van der Waals surface area contributed by atoms with Crippen molar-refractivity contribution < 1.29 is 0 Å². The fourth-order valence-electron chi connectivity index (χ4n) is 0.526. The molecular weight excluding hydrogens is 221 g/mol. The van der Waals surface area contributed by atoms with Gasteiger partial charge in [-0.25, -0.2) is 4.98 Å². The summed E-state index contributed by atoms with van der Waals surface area (Å²) in [5, 5.41) is 1.05. The number of hydrogen-bond acceptors (Lipinski definition) is 2. The number of nitrogens with zero attached hydrogens (tertiary/aromatic N) is 1. The molecule has 0 saturated heterocycles. The van der Waals surface area contributed by atoms with Crippen molar-refractivity contribution in [2.75, 3.05) is 0 Å². The topological polar surface area (TPSA) is 12.9 Å². The lowest BCUT2D eigenvalue weighted by atomic mass is 10.6. The summed E-state index contributed by atoms with van der Waals surface area (Å²) >= 11 is 10.5. The van der Waals surface area contributed by atoms with E-state index in [1.165, 1.54) is 0 Å². The van der Waals surface area contributed by atoms with E-state index in [1.54, 1.807) is 11.3 Å². The molecule has 0 radical (unpaired) electrons. The Morgan fingerprint density at radius 2 is 2.44 bits per heavy atom. The van der Waals surface area contributed by atoms with Crippen LogP contribution in [0.4, 0.5) is 0 Å². The van der Waals surface area contributed by atoms with Gasteiger partial charge in [0.2, 0.25) is 0 Å². The highest BCUT2D eigenvalue weighted by Crippen LogP contribution is 2.23. The Morgan fingerprint density at radius 1 is 1.78 bits per heavy atom. The standard InChI is InChI=1S/C5H5BrClNS/c1-3-8-5(6)4(2-7)9-3/h2H2,1H3. The minimum atomic E-state index is 0.548. The Labute approximate surface area is 71.2 Å². The van der Waals surface area contributed by atoms with Crippen LogP contribution < -0.4 is 0 Å². The maximum atomic E-state index is 5.59. The summed E-state index contributed by atoms with van der Waals surface area (Å²) in [7, 11) is 0. The van der Waals surface area contributed by atoms with Crippen molar-refractivity contribution >= 4 is 38.9 Å². The second-order valence-electron chi connectivity index (χ2n) is 1.58. The molecule has 0 aromatic carbocycles. The minimum Gasteiger partial charge on any atom is -0.234 e. The molecule has 0 saturated carbocycles. The largest absolute Gasteiger partial charge is 0.234 e. The molecule has 0 spiro atoms. The first-order valence-corrected chi connectivity index (χ1v) is 4.56. The molecule has 0 aliphatic heterocycles. The first-order valence-electron chi connectivity index (χ1n) is 2.42. The van der Waals surface area contributed by atoms with Crippen LogP contribution in [0.3, 0.4) is 0 Å². The predicted octanol–water partition coefficient (Wildman–Crippen LogP) is 2.95. The number of aryl methyl sites for hydroxylation is 1. The van der Waals surface area contributed by atoms with Crippen molar-refractivity contribution in [2.45, 2.75) is 12.8 Å². The Morgan fingerprint density at radius 3 is 2.67 bits per heavy atom. The highest BCUT2D eigenvalue weighted by atomic mass is 79.9. The molecule has 1 nitrogen and oxygen atoms in total. The highest BCUT2D eigenvalue weighted by molar-refractivity contribution is 9.10. The monoisotopic (exact) mass is 225 g/mol. The van der Waals surface area contributed by atoms with Gasteiger partial charge in [0.25, 0.3) is 0 Å². The summed E-state index contributed by atoms with van der Waals surface area (Å²) in [6.07, 6.45) is 0. The number of thiazole rings is 1. The number of hydrogen-bond donors (Lipinski definition) is 0. The third kappa shape index (κ3) is 1.66. The molecule has 1 aromatic heterocycles. The third-order valence-corrected chi connectivity index (χ3v) is 3.19. The summed E-state index contributed by atoms with van der Waals surface area (Å²) in [5.74, 6) is 0.548. The van der Waals surface area contributed by atoms with Crippen LogP contribution in [0.2, 0.25) is 0 Å². The molecule has 0 aliphatic carbocycles. The first-order chi connectivity index (χ1) is 4.24. The molecule has 0 aliphatic rings. The smallest absolute Gasteiger partial charge is 0.121 e. The average Bonchev–Trinajstić information content (AvgIpc) is 2.10. The molecule has 0 unspecified atom stereocenters. The van der Waals surface area contributed by atoms with Crippen molar-refractivity contribution in [3.05, 3.63) is 14.5 Å².